The Morgan fingerprint density at radius 3 is 2.79 bits per heavy atom. The molecular formula is C15H21NO3. The van der Waals surface area contributed by atoms with Crippen molar-refractivity contribution in [2.24, 2.45) is 5.92 Å². The van der Waals surface area contributed by atoms with Crippen molar-refractivity contribution in [3.63, 3.8) is 0 Å². The van der Waals surface area contributed by atoms with E-state index >= 15 is 0 Å². The second kappa shape index (κ2) is 5.61. The van der Waals surface area contributed by atoms with E-state index in [-0.39, 0.29) is 6.04 Å². The number of nitrogens with zero attached hydrogens (tertiary/aromatic N) is 1. The lowest BCUT2D eigenvalue weighted by atomic mass is 9.89. The number of ether oxygens (including phenoxy) is 1. The standard InChI is InChI=1S/C15H21NO3/c1-4-12(15(17)18)14(16(2)3)11-5-6-13-10(9-11)7-8-19-13/h5-6,9,12,14H,4,7-8H2,1-3H3,(H,17,18). The van der Waals surface area contributed by atoms with E-state index in [0.29, 0.717) is 6.42 Å². The number of rotatable bonds is 5. The molecule has 2 atom stereocenters. The third kappa shape index (κ3) is 2.73. The molecular weight excluding hydrogens is 242 g/mol. The largest absolute Gasteiger partial charge is 0.493 e. The van der Waals surface area contributed by atoms with Crippen molar-refractivity contribution in [3.8, 4) is 5.75 Å². The maximum atomic E-state index is 11.4. The number of benzene rings is 1. The van der Waals surface area contributed by atoms with Gasteiger partial charge in [0.2, 0.25) is 0 Å². The van der Waals surface area contributed by atoms with Crippen LogP contribution in [-0.4, -0.2) is 36.7 Å². The molecule has 0 saturated heterocycles. The van der Waals surface area contributed by atoms with Gasteiger partial charge < -0.3 is 14.7 Å². The topological polar surface area (TPSA) is 49.8 Å². The van der Waals surface area contributed by atoms with Gasteiger partial charge in [0.25, 0.3) is 0 Å². The number of carboxylic acid groups (broad SMARTS) is 1. The predicted octanol–water partition coefficient (Wildman–Crippen LogP) is 2.33. The van der Waals surface area contributed by atoms with Crippen molar-refractivity contribution in [1.82, 2.24) is 4.90 Å². The summed E-state index contributed by atoms with van der Waals surface area (Å²) < 4.78 is 5.50. The Bertz CT molecular complexity index is 470. The molecule has 1 aromatic rings. The highest BCUT2D eigenvalue weighted by molar-refractivity contribution is 5.71. The molecule has 0 aromatic heterocycles. The van der Waals surface area contributed by atoms with Crippen LogP contribution in [0.5, 0.6) is 5.75 Å². The fraction of sp³-hybridized carbons (Fsp3) is 0.533. The second-order valence-electron chi connectivity index (χ2n) is 5.23. The smallest absolute Gasteiger partial charge is 0.308 e. The van der Waals surface area contributed by atoms with Crippen LogP contribution in [0.15, 0.2) is 18.2 Å². The number of aliphatic carboxylic acids is 1. The van der Waals surface area contributed by atoms with E-state index in [1.54, 1.807) is 0 Å². The van der Waals surface area contributed by atoms with Gasteiger partial charge in [-0.15, -0.1) is 0 Å². The molecule has 1 aliphatic heterocycles. The van der Waals surface area contributed by atoms with Crippen LogP contribution in [0.3, 0.4) is 0 Å². The van der Waals surface area contributed by atoms with Gasteiger partial charge in [-0.3, -0.25) is 4.79 Å². The molecule has 1 aromatic carbocycles. The zero-order valence-corrected chi connectivity index (χ0v) is 11.7. The molecule has 1 aliphatic rings. The second-order valence-corrected chi connectivity index (χ2v) is 5.23. The van der Waals surface area contributed by atoms with Gasteiger partial charge in [-0.2, -0.15) is 0 Å². The lowest BCUT2D eigenvalue weighted by Gasteiger charge is -2.30. The monoisotopic (exact) mass is 263 g/mol. The van der Waals surface area contributed by atoms with Gasteiger partial charge in [0, 0.05) is 12.5 Å². The van der Waals surface area contributed by atoms with E-state index in [0.717, 1.165) is 24.3 Å². The fourth-order valence-corrected chi connectivity index (χ4v) is 2.81. The Balaban J connectivity index is 2.36. The average molecular weight is 263 g/mol. The van der Waals surface area contributed by atoms with E-state index in [2.05, 4.69) is 6.07 Å². The number of fused-ring (bicyclic) bond motifs is 1. The first-order valence-electron chi connectivity index (χ1n) is 6.69. The maximum absolute atomic E-state index is 11.4. The summed E-state index contributed by atoms with van der Waals surface area (Å²) in [6.45, 7) is 2.65. The first-order chi connectivity index (χ1) is 9.04. The summed E-state index contributed by atoms with van der Waals surface area (Å²) in [6, 6.07) is 5.94. The van der Waals surface area contributed by atoms with Crippen molar-refractivity contribution in [3.05, 3.63) is 29.3 Å². The summed E-state index contributed by atoms with van der Waals surface area (Å²) >= 11 is 0. The molecule has 0 fully saturated rings. The van der Waals surface area contributed by atoms with Gasteiger partial charge in [0.1, 0.15) is 5.75 Å². The zero-order valence-electron chi connectivity index (χ0n) is 11.7. The zero-order chi connectivity index (χ0) is 14.0. The van der Waals surface area contributed by atoms with E-state index in [9.17, 15) is 9.90 Å². The Kier molecular flexibility index (Phi) is 4.10. The maximum Gasteiger partial charge on any atom is 0.308 e. The van der Waals surface area contributed by atoms with Crippen molar-refractivity contribution >= 4 is 5.97 Å². The number of carbonyl (C=O) groups is 1. The van der Waals surface area contributed by atoms with Gasteiger partial charge in [-0.25, -0.2) is 0 Å². The van der Waals surface area contributed by atoms with Crippen molar-refractivity contribution in [2.45, 2.75) is 25.8 Å². The molecule has 19 heavy (non-hydrogen) atoms. The molecule has 4 nitrogen and oxygen atoms in total. The molecule has 0 aliphatic carbocycles. The van der Waals surface area contributed by atoms with Gasteiger partial charge >= 0.3 is 5.97 Å². The highest BCUT2D eigenvalue weighted by atomic mass is 16.5. The molecule has 0 radical (unpaired) electrons. The van der Waals surface area contributed by atoms with E-state index in [4.69, 9.17) is 4.74 Å². The SMILES string of the molecule is CCC(C(=O)O)C(c1ccc2c(c1)CCO2)N(C)C. The van der Waals surface area contributed by atoms with Crippen LogP contribution in [-0.2, 0) is 11.2 Å². The number of carboxylic acids is 1. The summed E-state index contributed by atoms with van der Waals surface area (Å²) in [5, 5.41) is 9.40. The lowest BCUT2D eigenvalue weighted by Crippen LogP contribution is -2.32. The normalized spacial score (nSPS) is 16.8. The summed E-state index contributed by atoms with van der Waals surface area (Å²) in [5.41, 5.74) is 2.24. The Hall–Kier alpha value is -1.55. The van der Waals surface area contributed by atoms with Gasteiger partial charge in [0.05, 0.1) is 12.5 Å². The molecule has 2 unspecified atom stereocenters. The lowest BCUT2D eigenvalue weighted by molar-refractivity contribution is -0.144. The van der Waals surface area contributed by atoms with Gasteiger partial charge in [-0.05, 0) is 37.7 Å². The quantitative estimate of drug-likeness (QED) is 0.886. The number of hydrogen-bond donors (Lipinski definition) is 1. The van der Waals surface area contributed by atoms with Crippen LogP contribution in [0.4, 0.5) is 0 Å². The summed E-state index contributed by atoms with van der Waals surface area (Å²) in [7, 11) is 3.86. The molecule has 0 bridgehead atoms. The molecule has 0 amide bonds. The first kappa shape index (κ1) is 13.9. The third-order valence-electron chi connectivity index (χ3n) is 3.75. The fourth-order valence-electron chi connectivity index (χ4n) is 2.81. The summed E-state index contributed by atoms with van der Waals surface area (Å²) in [4.78, 5) is 13.4. The third-order valence-corrected chi connectivity index (χ3v) is 3.75. The van der Waals surface area contributed by atoms with Crippen molar-refractivity contribution in [1.29, 1.82) is 0 Å². The highest BCUT2D eigenvalue weighted by Crippen LogP contribution is 2.34. The van der Waals surface area contributed by atoms with Crippen LogP contribution in [0.1, 0.15) is 30.5 Å². The first-order valence-corrected chi connectivity index (χ1v) is 6.69. The molecule has 1 heterocycles. The summed E-state index contributed by atoms with van der Waals surface area (Å²) in [6.07, 6.45) is 1.53. The highest BCUT2D eigenvalue weighted by Gasteiger charge is 2.30. The molecule has 104 valence electrons. The van der Waals surface area contributed by atoms with E-state index in [1.807, 2.05) is 38.1 Å². The molecule has 0 saturated carbocycles. The van der Waals surface area contributed by atoms with Crippen LogP contribution < -0.4 is 4.74 Å². The van der Waals surface area contributed by atoms with Gasteiger partial charge in [-0.1, -0.05) is 19.1 Å². The molecule has 4 heteroatoms. The Labute approximate surface area is 114 Å². The minimum atomic E-state index is -0.738. The molecule has 2 rings (SSSR count). The van der Waals surface area contributed by atoms with E-state index in [1.165, 1.54) is 5.56 Å². The average Bonchev–Trinajstić information content (AvgIpc) is 2.81. The van der Waals surface area contributed by atoms with Crippen LogP contribution in [0.25, 0.3) is 0 Å². The van der Waals surface area contributed by atoms with Gasteiger partial charge in [0.15, 0.2) is 0 Å². The molecule has 1 N–H and O–H groups in total. The Morgan fingerprint density at radius 2 is 2.21 bits per heavy atom. The minimum absolute atomic E-state index is 0.103. The van der Waals surface area contributed by atoms with Crippen molar-refractivity contribution in [2.75, 3.05) is 20.7 Å². The van der Waals surface area contributed by atoms with Crippen LogP contribution in [0.2, 0.25) is 0 Å². The van der Waals surface area contributed by atoms with Crippen LogP contribution in [0, 0.1) is 5.92 Å². The minimum Gasteiger partial charge on any atom is -0.493 e. The predicted molar refractivity (Wildman–Crippen MR) is 73.5 cm³/mol. The van der Waals surface area contributed by atoms with E-state index < -0.39 is 11.9 Å². The molecule has 0 spiro atoms. The van der Waals surface area contributed by atoms with Crippen LogP contribution >= 0.6 is 0 Å². The van der Waals surface area contributed by atoms with Crippen molar-refractivity contribution < 1.29 is 14.6 Å². The number of hydrogen-bond acceptors (Lipinski definition) is 3. The summed E-state index contributed by atoms with van der Waals surface area (Å²) in [5.74, 6) is -0.196. The Morgan fingerprint density at radius 1 is 1.47 bits per heavy atom.